The largest absolute Gasteiger partial charge is 0.383 e. The minimum absolute atomic E-state index is 0.581. The van der Waals surface area contributed by atoms with Crippen LogP contribution in [0.2, 0.25) is 0 Å². The smallest absolute Gasteiger partial charge is 0.131 e. The predicted octanol–water partition coefficient (Wildman–Crippen LogP) is 4.25. The summed E-state index contributed by atoms with van der Waals surface area (Å²) in [7, 11) is 2.05. The van der Waals surface area contributed by atoms with Gasteiger partial charge in [-0.2, -0.15) is 0 Å². The molecule has 1 aliphatic carbocycles. The van der Waals surface area contributed by atoms with E-state index in [2.05, 4.69) is 44.5 Å². The Hall–Kier alpha value is -1.77. The van der Waals surface area contributed by atoms with Gasteiger partial charge in [0.05, 0.1) is 0 Å². The molecule has 3 rings (SSSR count). The molecule has 0 unspecified atom stereocenters. The Balaban J connectivity index is 2.13. The maximum atomic E-state index is 6.38. The highest BCUT2D eigenvalue weighted by atomic mass is 15.1. The Morgan fingerprint density at radius 1 is 1.10 bits per heavy atom. The van der Waals surface area contributed by atoms with Crippen LogP contribution in [-0.4, -0.2) is 9.55 Å². The molecule has 0 saturated heterocycles. The molecular formula is C18H25N3. The van der Waals surface area contributed by atoms with Crippen LogP contribution in [0.4, 0.5) is 5.82 Å². The maximum absolute atomic E-state index is 6.38. The number of imidazole rings is 1. The molecule has 1 saturated carbocycles. The van der Waals surface area contributed by atoms with Crippen LogP contribution in [0.3, 0.4) is 0 Å². The first-order valence-electron chi connectivity index (χ1n) is 7.89. The van der Waals surface area contributed by atoms with Gasteiger partial charge in [-0.3, -0.25) is 0 Å². The molecule has 2 aromatic rings. The standard InChI is InChI=1S/C18H25N3/c1-11-9-12(2)15(13(3)10-11)16-17(19)21(4)18(20-16)14-7-5-6-8-14/h9-10,14H,5-8,19H2,1-4H3. The summed E-state index contributed by atoms with van der Waals surface area (Å²) < 4.78 is 2.10. The normalized spacial score (nSPS) is 15.8. The lowest BCUT2D eigenvalue weighted by molar-refractivity contribution is 0.635. The van der Waals surface area contributed by atoms with E-state index in [1.807, 2.05) is 0 Å². The molecule has 0 radical (unpaired) electrons. The van der Waals surface area contributed by atoms with Crippen molar-refractivity contribution in [3.05, 3.63) is 34.6 Å². The number of hydrogen-bond acceptors (Lipinski definition) is 2. The molecule has 3 heteroatoms. The van der Waals surface area contributed by atoms with Crippen molar-refractivity contribution < 1.29 is 0 Å². The van der Waals surface area contributed by atoms with Gasteiger partial charge in [-0.15, -0.1) is 0 Å². The van der Waals surface area contributed by atoms with Crippen molar-refractivity contribution in [1.82, 2.24) is 9.55 Å². The van der Waals surface area contributed by atoms with E-state index in [-0.39, 0.29) is 0 Å². The van der Waals surface area contributed by atoms with E-state index in [1.165, 1.54) is 53.8 Å². The first-order chi connectivity index (χ1) is 9.99. The molecule has 21 heavy (non-hydrogen) atoms. The molecule has 0 aliphatic heterocycles. The van der Waals surface area contributed by atoms with Crippen LogP contribution in [0.25, 0.3) is 11.3 Å². The average Bonchev–Trinajstić information content (AvgIpc) is 3.01. The lowest BCUT2D eigenvalue weighted by atomic mass is 9.97. The number of aromatic nitrogens is 2. The number of nitrogen functional groups attached to an aromatic ring is 1. The molecule has 1 aliphatic rings. The van der Waals surface area contributed by atoms with E-state index >= 15 is 0 Å². The van der Waals surface area contributed by atoms with Crippen molar-refractivity contribution in [1.29, 1.82) is 0 Å². The summed E-state index contributed by atoms with van der Waals surface area (Å²) in [5.41, 5.74) is 12.4. The van der Waals surface area contributed by atoms with E-state index in [4.69, 9.17) is 10.7 Å². The third-order valence-corrected chi connectivity index (χ3v) is 4.81. The van der Waals surface area contributed by atoms with Crippen molar-refractivity contribution in [3.63, 3.8) is 0 Å². The average molecular weight is 283 g/mol. The van der Waals surface area contributed by atoms with Crippen LogP contribution in [0, 0.1) is 20.8 Å². The zero-order chi connectivity index (χ0) is 15.1. The van der Waals surface area contributed by atoms with Crippen molar-refractivity contribution in [2.45, 2.75) is 52.4 Å². The topological polar surface area (TPSA) is 43.8 Å². The van der Waals surface area contributed by atoms with Gasteiger partial charge >= 0.3 is 0 Å². The Morgan fingerprint density at radius 2 is 1.67 bits per heavy atom. The fraction of sp³-hybridized carbons (Fsp3) is 0.500. The number of benzene rings is 1. The lowest BCUT2D eigenvalue weighted by Gasteiger charge is -2.10. The lowest BCUT2D eigenvalue weighted by Crippen LogP contribution is -2.05. The molecule has 2 N–H and O–H groups in total. The van der Waals surface area contributed by atoms with E-state index in [0.29, 0.717) is 5.92 Å². The highest BCUT2D eigenvalue weighted by Crippen LogP contribution is 2.38. The van der Waals surface area contributed by atoms with Crippen molar-refractivity contribution in [2.75, 3.05) is 5.73 Å². The van der Waals surface area contributed by atoms with Gasteiger partial charge in [-0.1, -0.05) is 30.5 Å². The van der Waals surface area contributed by atoms with E-state index < -0.39 is 0 Å². The van der Waals surface area contributed by atoms with Gasteiger partial charge in [-0.25, -0.2) is 4.98 Å². The van der Waals surface area contributed by atoms with E-state index in [9.17, 15) is 0 Å². The number of rotatable bonds is 2. The van der Waals surface area contributed by atoms with Crippen LogP contribution < -0.4 is 5.73 Å². The second kappa shape index (κ2) is 5.21. The summed E-state index contributed by atoms with van der Waals surface area (Å²) in [6.45, 7) is 6.44. The monoisotopic (exact) mass is 283 g/mol. The van der Waals surface area contributed by atoms with Gasteiger partial charge < -0.3 is 10.3 Å². The number of hydrogen-bond donors (Lipinski definition) is 1. The summed E-state index contributed by atoms with van der Waals surface area (Å²) in [5.74, 6) is 2.54. The van der Waals surface area contributed by atoms with Gasteiger partial charge in [0.1, 0.15) is 17.3 Å². The molecule has 1 fully saturated rings. The molecular weight excluding hydrogens is 258 g/mol. The van der Waals surface area contributed by atoms with Gasteiger partial charge in [0, 0.05) is 18.5 Å². The summed E-state index contributed by atoms with van der Waals surface area (Å²) in [6, 6.07) is 4.43. The van der Waals surface area contributed by atoms with Gasteiger partial charge in [0.25, 0.3) is 0 Å². The molecule has 0 atom stereocenters. The van der Waals surface area contributed by atoms with Crippen molar-refractivity contribution in [2.24, 2.45) is 7.05 Å². The fourth-order valence-electron chi connectivity index (χ4n) is 3.82. The highest BCUT2D eigenvalue weighted by molar-refractivity contribution is 5.76. The Morgan fingerprint density at radius 3 is 2.24 bits per heavy atom. The van der Waals surface area contributed by atoms with Crippen LogP contribution in [-0.2, 0) is 7.05 Å². The second-order valence-corrected chi connectivity index (χ2v) is 6.52. The number of nitrogens with two attached hydrogens (primary N) is 1. The zero-order valence-electron chi connectivity index (χ0n) is 13.5. The SMILES string of the molecule is Cc1cc(C)c(-c2nc(C3CCCC3)n(C)c2N)c(C)c1. The summed E-state index contributed by atoms with van der Waals surface area (Å²) in [5, 5.41) is 0. The second-order valence-electron chi connectivity index (χ2n) is 6.52. The van der Waals surface area contributed by atoms with Gasteiger partial charge in [-0.05, 0) is 44.7 Å². The maximum Gasteiger partial charge on any atom is 0.131 e. The third-order valence-electron chi connectivity index (χ3n) is 4.81. The first-order valence-corrected chi connectivity index (χ1v) is 7.89. The van der Waals surface area contributed by atoms with E-state index in [1.54, 1.807) is 0 Å². The van der Waals surface area contributed by atoms with Crippen LogP contribution >= 0.6 is 0 Å². The summed E-state index contributed by atoms with van der Waals surface area (Å²) >= 11 is 0. The molecule has 0 bridgehead atoms. The molecule has 112 valence electrons. The Labute approximate surface area is 127 Å². The summed E-state index contributed by atoms with van der Waals surface area (Å²) in [6.07, 6.45) is 5.12. The number of anilines is 1. The molecule has 0 spiro atoms. The fourth-order valence-corrected chi connectivity index (χ4v) is 3.82. The third kappa shape index (κ3) is 2.35. The van der Waals surface area contributed by atoms with Gasteiger partial charge in [0.2, 0.25) is 0 Å². The molecule has 0 amide bonds. The molecule has 1 aromatic heterocycles. The highest BCUT2D eigenvalue weighted by Gasteiger charge is 2.25. The Bertz CT molecular complexity index is 653. The van der Waals surface area contributed by atoms with Crippen LogP contribution in [0.5, 0.6) is 0 Å². The quantitative estimate of drug-likeness (QED) is 0.895. The minimum atomic E-state index is 0.581. The summed E-state index contributed by atoms with van der Waals surface area (Å²) in [4.78, 5) is 4.95. The number of aryl methyl sites for hydroxylation is 3. The Kier molecular flexibility index (Phi) is 3.52. The minimum Gasteiger partial charge on any atom is -0.383 e. The molecule has 3 nitrogen and oxygen atoms in total. The zero-order valence-corrected chi connectivity index (χ0v) is 13.5. The van der Waals surface area contributed by atoms with Crippen LogP contribution in [0.1, 0.15) is 54.1 Å². The van der Waals surface area contributed by atoms with Gasteiger partial charge in [0.15, 0.2) is 0 Å². The molecule has 1 heterocycles. The van der Waals surface area contributed by atoms with Crippen molar-refractivity contribution in [3.8, 4) is 11.3 Å². The molecule has 1 aromatic carbocycles. The predicted molar refractivity (Wildman–Crippen MR) is 88.5 cm³/mol. The van der Waals surface area contributed by atoms with Crippen molar-refractivity contribution >= 4 is 5.82 Å². The van der Waals surface area contributed by atoms with Crippen LogP contribution in [0.15, 0.2) is 12.1 Å². The van der Waals surface area contributed by atoms with E-state index in [0.717, 1.165) is 11.5 Å². The number of nitrogens with zero attached hydrogens (tertiary/aromatic N) is 2. The first kappa shape index (κ1) is 14.2.